The van der Waals surface area contributed by atoms with E-state index in [2.05, 4.69) is 33.9 Å². The van der Waals surface area contributed by atoms with Gasteiger partial charge in [0.25, 0.3) is 0 Å². The SMILES string of the molecule is CC1(C)OC(CO[Si](C)(C)C(C)(C)C)C(C(O)/C=C/CCOCc2ccccc2)O1. The van der Waals surface area contributed by atoms with Gasteiger partial charge in [0, 0.05) is 0 Å². The second-order valence-electron chi connectivity index (χ2n) is 9.96. The predicted molar refractivity (Wildman–Crippen MR) is 123 cm³/mol. The van der Waals surface area contributed by atoms with E-state index < -0.39 is 26.3 Å². The highest BCUT2D eigenvalue weighted by atomic mass is 28.4. The van der Waals surface area contributed by atoms with Gasteiger partial charge >= 0.3 is 0 Å². The normalized spacial score (nSPS) is 23.2. The zero-order chi connectivity index (χ0) is 22.4. The molecule has 0 spiro atoms. The van der Waals surface area contributed by atoms with Gasteiger partial charge in [-0.1, -0.05) is 63.3 Å². The molecule has 0 saturated carbocycles. The molecular weight excluding hydrogens is 396 g/mol. The van der Waals surface area contributed by atoms with Gasteiger partial charge < -0.3 is 23.7 Å². The van der Waals surface area contributed by atoms with Gasteiger partial charge in [0.1, 0.15) is 18.3 Å². The smallest absolute Gasteiger partial charge is 0.192 e. The molecule has 30 heavy (non-hydrogen) atoms. The Kier molecular flexibility index (Phi) is 8.86. The molecule has 1 fully saturated rings. The molecule has 6 heteroatoms. The first-order chi connectivity index (χ1) is 13.9. The monoisotopic (exact) mass is 436 g/mol. The topological polar surface area (TPSA) is 57.2 Å². The summed E-state index contributed by atoms with van der Waals surface area (Å²) in [5.74, 6) is -0.736. The van der Waals surface area contributed by atoms with Crippen LogP contribution < -0.4 is 0 Å². The summed E-state index contributed by atoms with van der Waals surface area (Å²) >= 11 is 0. The van der Waals surface area contributed by atoms with Crippen LogP contribution in [0.2, 0.25) is 18.1 Å². The molecule has 1 aromatic rings. The maximum atomic E-state index is 10.7. The van der Waals surface area contributed by atoms with Crippen LogP contribution in [0.3, 0.4) is 0 Å². The number of aliphatic hydroxyl groups is 1. The van der Waals surface area contributed by atoms with Crippen molar-refractivity contribution in [3.8, 4) is 0 Å². The van der Waals surface area contributed by atoms with Gasteiger partial charge in [-0.2, -0.15) is 0 Å². The molecule has 0 aliphatic carbocycles. The van der Waals surface area contributed by atoms with Crippen LogP contribution in [0.15, 0.2) is 42.5 Å². The molecule has 1 N–H and O–H groups in total. The summed E-state index contributed by atoms with van der Waals surface area (Å²) in [6, 6.07) is 10.1. The zero-order valence-corrected chi connectivity index (χ0v) is 20.7. The molecule has 1 aromatic carbocycles. The summed E-state index contributed by atoms with van der Waals surface area (Å²) in [6.07, 6.45) is 2.94. The number of hydrogen-bond donors (Lipinski definition) is 1. The first-order valence-corrected chi connectivity index (χ1v) is 13.8. The lowest BCUT2D eigenvalue weighted by Gasteiger charge is -2.37. The number of ether oxygens (including phenoxy) is 3. The summed E-state index contributed by atoms with van der Waals surface area (Å²) in [7, 11) is -1.90. The maximum absolute atomic E-state index is 10.7. The summed E-state index contributed by atoms with van der Waals surface area (Å²) in [4.78, 5) is 0. The second kappa shape index (κ2) is 10.5. The van der Waals surface area contributed by atoms with Crippen molar-refractivity contribution in [2.75, 3.05) is 13.2 Å². The zero-order valence-electron chi connectivity index (χ0n) is 19.7. The largest absolute Gasteiger partial charge is 0.414 e. The van der Waals surface area contributed by atoms with E-state index >= 15 is 0 Å². The Morgan fingerprint density at radius 2 is 1.83 bits per heavy atom. The van der Waals surface area contributed by atoms with E-state index in [4.69, 9.17) is 18.6 Å². The highest BCUT2D eigenvalue weighted by molar-refractivity contribution is 6.74. The number of rotatable bonds is 10. The van der Waals surface area contributed by atoms with E-state index in [-0.39, 0.29) is 11.1 Å². The molecule has 1 heterocycles. The molecule has 3 unspecified atom stereocenters. The predicted octanol–water partition coefficient (Wildman–Crippen LogP) is 5.05. The standard InChI is InChI=1S/C24H40O5Si/c1-23(2,3)30(6,7)27-18-21-22(29-24(4,5)28-21)20(25)15-11-12-16-26-17-19-13-9-8-10-14-19/h8-11,13-15,20-22,25H,12,16-18H2,1-7H3/b15-11+. The van der Waals surface area contributed by atoms with Crippen LogP contribution in [-0.2, 0) is 25.2 Å². The lowest BCUT2D eigenvalue weighted by atomic mass is 10.1. The van der Waals surface area contributed by atoms with E-state index in [0.29, 0.717) is 19.8 Å². The molecule has 5 nitrogen and oxygen atoms in total. The average Bonchev–Trinajstić information content (AvgIpc) is 2.97. The molecule has 0 amide bonds. The minimum absolute atomic E-state index is 0.121. The molecule has 170 valence electrons. The highest BCUT2D eigenvalue weighted by Crippen LogP contribution is 2.38. The molecular formula is C24H40O5Si. The highest BCUT2D eigenvalue weighted by Gasteiger charge is 2.46. The van der Waals surface area contributed by atoms with Crippen LogP contribution in [0.1, 0.15) is 46.6 Å². The van der Waals surface area contributed by atoms with Crippen molar-refractivity contribution >= 4 is 8.32 Å². The molecule has 1 aliphatic rings. The van der Waals surface area contributed by atoms with Gasteiger partial charge in [-0.3, -0.25) is 0 Å². The van der Waals surface area contributed by atoms with Crippen LogP contribution in [0, 0.1) is 0 Å². The summed E-state index contributed by atoms with van der Waals surface area (Å²) in [5, 5.41) is 10.8. The minimum atomic E-state index is -1.90. The van der Waals surface area contributed by atoms with Crippen molar-refractivity contribution in [1.29, 1.82) is 0 Å². The fourth-order valence-corrected chi connectivity index (χ4v) is 4.06. The molecule has 3 atom stereocenters. The van der Waals surface area contributed by atoms with Gasteiger partial charge in [-0.15, -0.1) is 0 Å². The van der Waals surface area contributed by atoms with E-state index in [1.54, 1.807) is 6.08 Å². The molecule has 0 radical (unpaired) electrons. The second-order valence-corrected chi connectivity index (χ2v) is 14.8. The Labute approximate surface area is 183 Å². The van der Waals surface area contributed by atoms with Crippen molar-refractivity contribution in [2.45, 2.75) is 89.9 Å². The third-order valence-corrected chi connectivity index (χ3v) is 10.3. The van der Waals surface area contributed by atoms with E-state index in [0.717, 1.165) is 12.0 Å². The molecule has 1 saturated heterocycles. The molecule has 1 aliphatic heterocycles. The van der Waals surface area contributed by atoms with Crippen molar-refractivity contribution in [2.24, 2.45) is 0 Å². The van der Waals surface area contributed by atoms with Gasteiger partial charge in [0.2, 0.25) is 0 Å². The van der Waals surface area contributed by atoms with Crippen molar-refractivity contribution in [3.63, 3.8) is 0 Å². The quantitative estimate of drug-likeness (QED) is 0.316. The first-order valence-electron chi connectivity index (χ1n) is 10.9. The van der Waals surface area contributed by atoms with Crippen molar-refractivity contribution < 1.29 is 23.7 Å². The Morgan fingerprint density at radius 1 is 1.17 bits per heavy atom. The average molecular weight is 437 g/mol. The van der Waals surface area contributed by atoms with Gasteiger partial charge in [-0.05, 0) is 44.0 Å². The summed E-state index contributed by atoms with van der Waals surface area (Å²) < 4.78 is 24.0. The van der Waals surface area contributed by atoms with E-state index in [9.17, 15) is 5.11 Å². The third-order valence-electron chi connectivity index (χ3n) is 5.85. The summed E-state index contributed by atoms with van der Waals surface area (Å²) in [5.41, 5.74) is 1.16. The van der Waals surface area contributed by atoms with Crippen LogP contribution in [0.5, 0.6) is 0 Å². The van der Waals surface area contributed by atoms with Crippen LogP contribution in [0.25, 0.3) is 0 Å². The fraction of sp³-hybridized carbons (Fsp3) is 0.667. The molecule has 0 bridgehead atoms. The van der Waals surface area contributed by atoms with Gasteiger partial charge in [0.05, 0.1) is 19.8 Å². The minimum Gasteiger partial charge on any atom is -0.414 e. The third kappa shape index (κ3) is 7.59. The Morgan fingerprint density at radius 3 is 2.47 bits per heavy atom. The lowest BCUT2D eigenvalue weighted by molar-refractivity contribution is -0.154. The van der Waals surface area contributed by atoms with Crippen LogP contribution in [0.4, 0.5) is 0 Å². The summed E-state index contributed by atoms with van der Waals surface area (Å²) in [6.45, 7) is 16.4. The van der Waals surface area contributed by atoms with Crippen LogP contribution >= 0.6 is 0 Å². The Bertz CT molecular complexity index is 666. The number of hydrogen-bond acceptors (Lipinski definition) is 5. The van der Waals surface area contributed by atoms with Gasteiger partial charge in [0.15, 0.2) is 14.1 Å². The van der Waals surface area contributed by atoms with E-state index in [1.807, 2.05) is 50.3 Å². The Balaban J connectivity index is 1.82. The number of benzene rings is 1. The maximum Gasteiger partial charge on any atom is 0.192 e. The number of aliphatic hydroxyl groups excluding tert-OH is 1. The van der Waals surface area contributed by atoms with Crippen LogP contribution in [-0.4, -0.2) is 50.7 Å². The van der Waals surface area contributed by atoms with Gasteiger partial charge in [-0.25, -0.2) is 0 Å². The van der Waals surface area contributed by atoms with Crippen molar-refractivity contribution in [1.82, 2.24) is 0 Å². The molecule has 0 aromatic heterocycles. The first kappa shape index (κ1) is 25.2. The van der Waals surface area contributed by atoms with Crippen molar-refractivity contribution in [3.05, 3.63) is 48.0 Å². The van der Waals surface area contributed by atoms with E-state index in [1.165, 1.54) is 0 Å². The molecule has 2 rings (SSSR count). The Hall–Kier alpha value is -1.02. The lowest BCUT2D eigenvalue weighted by Crippen LogP contribution is -2.45. The fourth-order valence-electron chi connectivity index (χ4n) is 3.05.